The molecule has 20 heavy (non-hydrogen) atoms. The molecule has 0 spiro atoms. The van der Waals surface area contributed by atoms with E-state index in [2.05, 4.69) is 0 Å². The third kappa shape index (κ3) is 3.22. The lowest BCUT2D eigenvalue weighted by Crippen LogP contribution is -2.42. The van der Waals surface area contributed by atoms with Gasteiger partial charge in [-0.2, -0.15) is 0 Å². The van der Waals surface area contributed by atoms with Gasteiger partial charge in [-0.3, -0.25) is 9.59 Å². The molecule has 0 saturated heterocycles. The lowest BCUT2D eigenvalue weighted by molar-refractivity contribution is -0.138. The van der Waals surface area contributed by atoms with Crippen LogP contribution in [-0.2, 0) is 4.79 Å². The maximum absolute atomic E-state index is 12.5. The largest absolute Gasteiger partial charge is 0.508 e. The van der Waals surface area contributed by atoms with Gasteiger partial charge in [-0.15, -0.1) is 0 Å². The lowest BCUT2D eigenvalue weighted by atomic mass is 10.1. The lowest BCUT2D eigenvalue weighted by Gasteiger charge is -2.27. The Hall–Kier alpha value is -1.75. The highest BCUT2D eigenvalue weighted by Crippen LogP contribution is 2.28. The Labute approximate surface area is 121 Å². The van der Waals surface area contributed by atoms with Crippen molar-refractivity contribution < 1.29 is 19.8 Å². The van der Waals surface area contributed by atoms with Gasteiger partial charge in [0.1, 0.15) is 12.3 Å². The van der Waals surface area contributed by atoms with E-state index in [0.717, 1.165) is 25.7 Å². The highest BCUT2D eigenvalue weighted by Gasteiger charge is 2.30. The minimum Gasteiger partial charge on any atom is -0.508 e. The van der Waals surface area contributed by atoms with E-state index >= 15 is 0 Å². The minimum absolute atomic E-state index is 0.0700. The van der Waals surface area contributed by atoms with Crippen molar-refractivity contribution in [1.29, 1.82) is 0 Å². The third-order valence-electron chi connectivity index (χ3n) is 3.51. The van der Waals surface area contributed by atoms with Crippen LogP contribution in [0.25, 0.3) is 0 Å². The summed E-state index contributed by atoms with van der Waals surface area (Å²) in [5.41, 5.74) is 0.139. The summed E-state index contributed by atoms with van der Waals surface area (Å²) >= 11 is 5.97. The molecule has 0 bridgehead atoms. The molecule has 0 atom stereocenters. The molecule has 2 rings (SSSR count). The second-order valence-electron chi connectivity index (χ2n) is 4.93. The van der Waals surface area contributed by atoms with Crippen LogP contribution in [0, 0.1) is 0 Å². The Bertz CT molecular complexity index is 526. The summed E-state index contributed by atoms with van der Waals surface area (Å²) in [6.07, 6.45) is 3.58. The Morgan fingerprint density at radius 2 is 1.95 bits per heavy atom. The number of aliphatic carboxylic acids is 1. The molecule has 1 aliphatic rings. The fraction of sp³-hybridized carbons (Fsp3) is 0.429. The van der Waals surface area contributed by atoms with Crippen molar-refractivity contribution in [2.75, 3.05) is 6.54 Å². The fourth-order valence-electron chi connectivity index (χ4n) is 2.56. The van der Waals surface area contributed by atoms with Crippen molar-refractivity contribution in [3.05, 3.63) is 28.8 Å². The fourth-order valence-corrected chi connectivity index (χ4v) is 2.76. The van der Waals surface area contributed by atoms with E-state index in [0.29, 0.717) is 0 Å². The van der Waals surface area contributed by atoms with Crippen LogP contribution in [0.15, 0.2) is 18.2 Å². The average molecular weight is 298 g/mol. The first-order valence-corrected chi connectivity index (χ1v) is 6.88. The van der Waals surface area contributed by atoms with Crippen molar-refractivity contribution >= 4 is 23.5 Å². The van der Waals surface area contributed by atoms with Gasteiger partial charge in [0.2, 0.25) is 0 Å². The number of phenols is 1. The van der Waals surface area contributed by atoms with Gasteiger partial charge in [-0.25, -0.2) is 0 Å². The maximum Gasteiger partial charge on any atom is 0.323 e. The van der Waals surface area contributed by atoms with E-state index < -0.39 is 11.9 Å². The molecule has 1 amide bonds. The number of rotatable bonds is 4. The number of hydrogen-bond acceptors (Lipinski definition) is 3. The number of halogens is 1. The van der Waals surface area contributed by atoms with Gasteiger partial charge in [-0.1, -0.05) is 24.4 Å². The van der Waals surface area contributed by atoms with Crippen molar-refractivity contribution in [3.63, 3.8) is 0 Å². The van der Waals surface area contributed by atoms with Crippen LogP contribution in [0.4, 0.5) is 0 Å². The SMILES string of the molecule is O=C(O)CN(C(=O)c1cc(O)ccc1Cl)C1CCCC1. The number of carboxylic acid groups (broad SMARTS) is 1. The average Bonchev–Trinajstić information content (AvgIpc) is 2.91. The Morgan fingerprint density at radius 3 is 2.55 bits per heavy atom. The van der Waals surface area contributed by atoms with Crippen molar-refractivity contribution in [2.45, 2.75) is 31.7 Å². The van der Waals surface area contributed by atoms with Crippen molar-refractivity contribution in [2.24, 2.45) is 0 Å². The number of carboxylic acids is 1. The molecule has 108 valence electrons. The van der Waals surface area contributed by atoms with Crippen LogP contribution in [0.3, 0.4) is 0 Å². The summed E-state index contributed by atoms with van der Waals surface area (Å²) in [5.74, 6) is -1.57. The first-order valence-electron chi connectivity index (χ1n) is 6.50. The van der Waals surface area contributed by atoms with Gasteiger partial charge in [0.25, 0.3) is 5.91 Å². The summed E-state index contributed by atoms with van der Waals surface area (Å²) in [7, 11) is 0. The Morgan fingerprint density at radius 1 is 1.30 bits per heavy atom. The zero-order valence-corrected chi connectivity index (χ0v) is 11.6. The molecule has 1 aromatic rings. The number of phenolic OH excluding ortho intramolecular Hbond substituents is 1. The number of carbonyl (C=O) groups excluding carboxylic acids is 1. The van der Waals surface area contributed by atoms with E-state index in [9.17, 15) is 14.7 Å². The maximum atomic E-state index is 12.5. The molecule has 0 aliphatic heterocycles. The zero-order chi connectivity index (χ0) is 14.7. The minimum atomic E-state index is -1.05. The summed E-state index contributed by atoms with van der Waals surface area (Å²) in [5, 5.41) is 18.7. The molecule has 2 N–H and O–H groups in total. The molecule has 0 aromatic heterocycles. The van der Waals surface area contributed by atoms with Gasteiger partial charge in [-0.05, 0) is 31.0 Å². The second kappa shape index (κ2) is 6.13. The van der Waals surface area contributed by atoms with Gasteiger partial charge in [0, 0.05) is 6.04 Å². The highest BCUT2D eigenvalue weighted by molar-refractivity contribution is 6.33. The molecule has 1 aliphatic carbocycles. The molecule has 0 radical (unpaired) electrons. The summed E-state index contributed by atoms with van der Waals surface area (Å²) in [6, 6.07) is 4.01. The Kier molecular flexibility index (Phi) is 4.49. The predicted molar refractivity (Wildman–Crippen MR) is 74.0 cm³/mol. The van der Waals surface area contributed by atoms with Crippen molar-refractivity contribution in [1.82, 2.24) is 4.90 Å². The number of nitrogens with zero attached hydrogens (tertiary/aromatic N) is 1. The van der Waals surface area contributed by atoms with Gasteiger partial charge in [0.05, 0.1) is 10.6 Å². The summed E-state index contributed by atoms with van der Waals surface area (Å²) < 4.78 is 0. The molecular formula is C14H16ClNO4. The van der Waals surface area contributed by atoms with Crippen LogP contribution in [-0.4, -0.2) is 39.6 Å². The molecule has 6 heteroatoms. The second-order valence-corrected chi connectivity index (χ2v) is 5.34. The molecule has 0 heterocycles. The quantitative estimate of drug-likeness (QED) is 0.895. The van der Waals surface area contributed by atoms with Gasteiger partial charge in [0.15, 0.2) is 0 Å². The van der Waals surface area contributed by atoms with Crippen molar-refractivity contribution in [3.8, 4) is 5.75 Å². The number of hydrogen-bond donors (Lipinski definition) is 2. The number of amides is 1. The summed E-state index contributed by atoms with van der Waals surface area (Å²) in [4.78, 5) is 24.8. The summed E-state index contributed by atoms with van der Waals surface area (Å²) in [6.45, 7) is -0.352. The van der Waals surface area contributed by atoms with E-state index in [1.165, 1.54) is 23.1 Å². The van der Waals surface area contributed by atoms with Crippen LogP contribution >= 0.6 is 11.6 Å². The molecule has 1 saturated carbocycles. The normalized spacial score (nSPS) is 15.2. The van der Waals surface area contributed by atoms with Crippen LogP contribution in [0.2, 0.25) is 5.02 Å². The number of benzene rings is 1. The first-order chi connectivity index (χ1) is 9.49. The molecule has 1 fully saturated rings. The van der Waals surface area contributed by atoms with E-state index in [1.54, 1.807) is 0 Å². The topological polar surface area (TPSA) is 77.8 Å². The standard InChI is InChI=1S/C14H16ClNO4/c15-12-6-5-10(17)7-11(12)14(20)16(8-13(18)19)9-3-1-2-4-9/h5-7,9,17H,1-4,8H2,(H,18,19). The van der Waals surface area contributed by atoms with Gasteiger partial charge >= 0.3 is 5.97 Å². The van der Waals surface area contributed by atoms with E-state index in [-0.39, 0.29) is 28.9 Å². The number of aromatic hydroxyl groups is 1. The zero-order valence-electron chi connectivity index (χ0n) is 10.9. The van der Waals surface area contributed by atoms with Crippen LogP contribution in [0.1, 0.15) is 36.0 Å². The highest BCUT2D eigenvalue weighted by atomic mass is 35.5. The molecule has 1 aromatic carbocycles. The smallest absolute Gasteiger partial charge is 0.323 e. The Balaban J connectivity index is 2.29. The predicted octanol–water partition coefficient (Wildman–Crippen LogP) is 2.52. The molecular weight excluding hydrogens is 282 g/mol. The monoisotopic (exact) mass is 297 g/mol. The van der Waals surface area contributed by atoms with Crippen LogP contribution in [0.5, 0.6) is 5.75 Å². The molecule has 5 nitrogen and oxygen atoms in total. The van der Waals surface area contributed by atoms with Crippen LogP contribution < -0.4 is 0 Å². The first kappa shape index (κ1) is 14.7. The van der Waals surface area contributed by atoms with E-state index in [1.807, 2.05) is 0 Å². The third-order valence-corrected chi connectivity index (χ3v) is 3.84. The number of carbonyl (C=O) groups is 2. The molecule has 0 unspecified atom stereocenters. The van der Waals surface area contributed by atoms with Gasteiger partial charge < -0.3 is 15.1 Å². The van der Waals surface area contributed by atoms with E-state index in [4.69, 9.17) is 16.7 Å².